The standard InChI is InChI=1S/C22H22O13/c23-8-15-19(35-21(31)10-6-13(26)17(29)14(27)7-10)20(18(30)22(32)33-15)34-16(28)4-2-9-1-3-11(24)12(25)5-9/h1-7,15,18-20,22-27,29-30,32H,8H2/b4-2+/t15-,18-,19-,20-,22?/m1/s1/i6D. The van der Waals surface area contributed by atoms with Gasteiger partial charge in [0, 0.05) is 6.08 Å². The summed E-state index contributed by atoms with van der Waals surface area (Å²) in [5.41, 5.74) is -0.446. The van der Waals surface area contributed by atoms with E-state index in [9.17, 15) is 50.4 Å². The predicted molar refractivity (Wildman–Crippen MR) is 113 cm³/mol. The van der Waals surface area contributed by atoms with Crippen molar-refractivity contribution in [3.05, 3.63) is 47.5 Å². The fourth-order valence-electron chi connectivity index (χ4n) is 3.16. The molecule has 2 aromatic rings. The zero-order chi connectivity index (χ0) is 26.7. The molecule has 1 heterocycles. The Bertz CT molecular complexity index is 1180. The van der Waals surface area contributed by atoms with E-state index in [1.165, 1.54) is 18.2 Å². The van der Waals surface area contributed by atoms with Crippen molar-refractivity contribution >= 4 is 18.0 Å². The minimum Gasteiger partial charge on any atom is -0.504 e. The second kappa shape index (κ2) is 10.5. The zero-order valence-electron chi connectivity index (χ0n) is 18.7. The van der Waals surface area contributed by atoms with Gasteiger partial charge in [0.2, 0.25) is 0 Å². The fourth-order valence-corrected chi connectivity index (χ4v) is 3.16. The van der Waals surface area contributed by atoms with Crippen LogP contribution in [-0.2, 0) is 19.0 Å². The summed E-state index contributed by atoms with van der Waals surface area (Å²) in [4.78, 5) is 25.1. The summed E-state index contributed by atoms with van der Waals surface area (Å²) < 4.78 is 23.0. The normalized spacial score (nSPS) is 24.7. The number of hydrogen-bond donors (Lipinski definition) is 8. The predicted octanol–water partition coefficient (Wildman–Crippen LogP) is -0.564. The van der Waals surface area contributed by atoms with E-state index in [2.05, 4.69) is 0 Å². The van der Waals surface area contributed by atoms with E-state index in [1.807, 2.05) is 0 Å². The van der Waals surface area contributed by atoms with Gasteiger partial charge in [-0.25, -0.2) is 9.59 Å². The summed E-state index contributed by atoms with van der Waals surface area (Å²) in [6.45, 7) is -0.877. The van der Waals surface area contributed by atoms with Crippen LogP contribution in [0.25, 0.3) is 6.08 Å². The summed E-state index contributed by atoms with van der Waals surface area (Å²) in [7, 11) is 0. The van der Waals surface area contributed by atoms with E-state index >= 15 is 0 Å². The second-order valence-corrected chi connectivity index (χ2v) is 7.36. The number of aliphatic hydroxyl groups excluding tert-OH is 3. The summed E-state index contributed by atoms with van der Waals surface area (Å²) in [5.74, 6) is -6.46. The van der Waals surface area contributed by atoms with Crippen molar-refractivity contribution in [3.8, 4) is 28.7 Å². The number of ether oxygens (including phenoxy) is 3. The zero-order valence-corrected chi connectivity index (χ0v) is 17.7. The lowest BCUT2D eigenvalue weighted by Gasteiger charge is -2.41. The van der Waals surface area contributed by atoms with Gasteiger partial charge >= 0.3 is 11.9 Å². The largest absolute Gasteiger partial charge is 0.504 e. The number of rotatable bonds is 6. The van der Waals surface area contributed by atoms with Gasteiger partial charge in [0.05, 0.1) is 13.5 Å². The van der Waals surface area contributed by atoms with E-state index in [0.717, 1.165) is 12.1 Å². The Morgan fingerprint density at radius 1 is 0.971 bits per heavy atom. The van der Waals surface area contributed by atoms with Crippen LogP contribution < -0.4 is 0 Å². The first kappa shape index (κ1) is 24.1. The first-order valence-corrected chi connectivity index (χ1v) is 9.93. The highest BCUT2D eigenvalue weighted by molar-refractivity contribution is 5.91. The van der Waals surface area contributed by atoms with Crippen molar-refractivity contribution in [1.82, 2.24) is 0 Å². The van der Waals surface area contributed by atoms with Crippen molar-refractivity contribution in [1.29, 1.82) is 0 Å². The molecule has 188 valence electrons. The number of benzene rings is 2. The second-order valence-electron chi connectivity index (χ2n) is 7.36. The fraction of sp³-hybridized carbons (Fsp3) is 0.273. The molecule has 13 heteroatoms. The molecular formula is C22H22O13. The number of carbonyl (C=O) groups is 2. The highest BCUT2D eigenvalue weighted by atomic mass is 16.7. The molecule has 0 amide bonds. The van der Waals surface area contributed by atoms with Crippen molar-refractivity contribution < 1.29 is 66.0 Å². The van der Waals surface area contributed by atoms with Gasteiger partial charge < -0.3 is 55.1 Å². The number of aliphatic hydroxyl groups is 3. The molecular weight excluding hydrogens is 472 g/mol. The quantitative estimate of drug-likeness (QED) is 0.143. The molecule has 35 heavy (non-hydrogen) atoms. The number of phenols is 5. The molecule has 2 aromatic carbocycles. The van der Waals surface area contributed by atoms with Crippen molar-refractivity contribution in [2.24, 2.45) is 0 Å². The van der Waals surface area contributed by atoms with Crippen molar-refractivity contribution in [3.63, 3.8) is 0 Å². The van der Waals surface area contributed by atoms with Crippen LogP contribution in [0.3, 0.4) is 0 Å². The molecule has 5 atom stereocenters. The van der Waals surface area contributed by atoms with E-state index in [1.54, 1.807) is 0 Å². The number of carbonyl (C=O) groups excluding carboxylic acids is 2. The highest BCUT2D eigenvalue weighted by Crippen LogP contribution is 2.36. The van der Waals surface area contributed by atoms with Crippen LogP contribution in [0.2, 0.25) is 0 Å². The Kier molecular flexibility index (Phi) is 7.22. The summed E-state index contributed by atoms with van der Waals surface area (Å²) >= 11 is 0. The maximum absolute atomic E-state index is 12.7. The van der Waals surface area contributed by atoms with Gasteiger partial charge in [-0.3, -0.25) is 0 Å². The average molecular weight is 495 g/mol. The van der Waals surface area contributed by atoms with Gasteiger partial charge in [-0.15, -0.1) is 0 Å². The van der Waals surface area contributed by atoms with Crippen molar-refractivity contribution in [2.45, 2.75) is 30.7 Å². The van der Waals surface area contributed by atoms with E-state index in [0.29, 0.717) is 6.07 Å². The number of aromatic hydroxyl groups is 5. The van der Waals surface area contributed by atoms with Crippen molar-refractivity contribution in [2.75, 3.05) is 6.61 Å². The molecule has 0 aromatic heterocycles. The van der Waals surface area contributed by atoms with Gasteiger partial charge in [0.15, 0.2) is 47.2 Å². The molecule has 1 unspecified atom stereocenters. The van der Waals surface area contributed by atoms with Gasteiger partial charge in [-0.05, 0) is 35.9 Å². The third-order valence-electron chi connectivity index (χ3n) is 4.94. The van der Waals surface area contributed by atoms with Crippen LogP contribution in [0, 0.1) is 0 Å². The van der Waals surface area contributed by atoms with Crippen LogP contribution >= 0.6 is 0 Å². The smallest absolute Gasteiger partial charge is 0.338 e. The lowest BCUT2D eigenvalue weighted by atomic mass is 9.98. The number of esters is 2. The molecule has 13 nitrogen and oxygen atoms in total. The van der Waals surface area contributed by atoms with Crippen LogP contribution in [-0.4, -0.2) is 90.1 Å². The minimum absolute atomic E-state index is 0.279. The molecule has 0 saturated carbocycles. The van der Waals surface area contributed by atoms with Crippen LogP contribution in [0.15, 0.2) is 36.4 Å². The molecule has 0 aliphatic carbocycles. The van der Waals surface area contributed by atoms with Gasteiger partial charge in [-0.2, -0.15) is 0 Å². The SMILES string of the molecule is [2H]c1c(C(=O)O[C@H]2[C@H](OC(=O)/C=C/c3ccc(O)c(O)c3)[C@@H](O)C(O)O[C@@H]2CO)cc(O)c(O)c1O. The van der Waals surface area contributed by atoms with E-state index < -0.39 is 83.9 Å². The first-order chi connectivity index (χ1) is 16.9. The Labute approximate surface area is 198 Å². The maximum atomic E-state index is 12.7. The topological polar surface area (TPSA) is 224 Å². The molecule has 0 radical (unpaired) electrons. The molecule has 8 N–H and O–H groups in total. The maximum Gasteiger partial charge on any atom is 0.338 e. The third-order valence-corrected chi connectivity index (χ3v) is 4.94. The summed E-state index contributed by atoms with van der Waals surface area (Å²) in [6, 6.07) is 3.37. The van der Waals surface area contributed by atoms with Crippen LogP contribution in [0.4, 0.5) is 0 Å². The first-order valence-electron chi connectivity index (χ1n) is 10.4. The molecule has 0 spiro atoms. The van der Waals surface area contributed by atoms with Gasteiger partial charge in [-0.1, -0.05) is 6.07 Å². The lowest BCUT2D eigenvalue weighted by molar-refractivity contribution is -0.288. The average Bonchev–Trinajstić information content (AvgIpc) is 2.84. The number of phenolic OH excluding ortho intramolecular Hbond substituents is 5. The highest BCUT2D eigenvalue weighted by Gasteiger charge is 2.49. The van der Waals surface area contributed by atoms with Crippen LogP contribution in [0.1, 0.15) is 17.3 Å². The molecule has 0 bridgehead atoms. The van der Waals surface area contributed by atoms with Crippen LogP contribution in [0.5, 0.6) is 28.7 Å². The molecule has 1 aliphatic heterocycles. The monoisotopic (exact) mass is 495 g/mol. The Morgan fingerprint density at radius 2 is 1.69 bits per heavy atom. The Hall–Kier alpha value is -4.04. The molecule has 1 saturated heterocycles. The minimum atomic E-state index is -1.96. The summed E-state index contributed by atoms with van der Waals surface area (Å²) in [5, 5.41) is 77.6. The summed E-state index contributed by atoms with van der Waals surface area (Å²) in [6.07, 6.45) is -6.92. The lowest BCUT2D eigenvalue weighted by Crippen LogP contribution is -2.61. The van der Waals surface area contributed by atoms with Gasteiger partial charge in [0.1, 0.15) is 12.2 Å². The van der Waals surface area contributed by atoms with E-state index in [4.69, 9.17) is 15.6 Å². The Morgan fingerprint density at radius 3 is 2.34 bits per heavy atom. The van der Waals surface area contributed by atoms with Gasteiger partial charge in [0.25, 0.3) is 0 Å². The third kappa shape index (κ3) is 5.73. The molecule has 1 fully saturated rings. The van der Waals surface area contributed by atoms with E-state index in [-0.39, 0.29) is 11.3 Å². The molecule has 1 aliphatic rings. The molecule has 3 rings (SSSR count). The Balaban J connectivity index is 1.85. The number of hydrogen-bond acceptors (Lipinski definition) is 13.